The Labute approximate surface area is 118 Å². The molecule has 0 fully saturated rings. The number of hydrogen-bond donors (Lipinski definition) is 2. The second-order valence-electron chi connectivity index (χ2n) is 4.44. The van der Waals surface area contributed by atoms with Gasteiger partial charge in [-0.15, -0.1) is 24.8 Å². The molecule has 1 atom stereocenters. The molecule has 0 aromatic heterocycles. The molecule has 0 aromatic rings. The molecule has 1 unspecified atom stereocenters. The highest BCUT2D eigenvalue weighted by molar-refractivity contribution is 5.85. The van der Waals surface area contributed by atoms with Crippen LogP contribution in [0.2, 0.25) is 0 Å². The minimum Gasteiger partial charge on any atom is -0.355 e. The Kier molecular flexibility index (Phi) is 16.2. The average Bonchev–Trinajstić information content (AvgIpc) is 2.11. The average molecular weight is 288 g/mol. The molecule has 0 bridgehead atoms. The summed E-state index contributed by atoms with van der Waals surface area (Å²) in [5.74, 6) is 0.446. The maximum absolute atomic E-state index is 11.8. The van der Waals surface area contributed by atoms with Crippen molar-refractivity contribution in [2.24, 2.45) is 11.7 Å². The molecule has 3 N–H and O–H groups in total. The number of nitrogens with one attached hydrogen (secondary N) is 1. The van der Waals surface area contributed by atoms with Gasteiger partial charge in [-0.05, 0) is 39.4 Å². The fraction of sp³-hybridized carbons (Fsp3) is 0.909. The molecule has 0 heterocycles. The van der Waals surface area contributed by atoms with Crippen LogP contribution >= 0.6 is 24.8 Å². The summed E-state index contributed by atoms with van der Waals surface area (Å²) in [6.45, 7) is 5.54. The standard InChI is InChI=1S/C11H25N3O.2ClH/c1-9(2)10(14(3)4)11(15)13-8-6-5-7-12;;/h9-10H,5-8,12H2,1-4H3,(H,13,15);2*1H. The van der Waals surface area contributed by atoms with Gasteiger partial charge in [0.2, 0.25) is 5.91 Å². The molecule has 106 valence electrons. The Morgan fingerprint density at radius 3 is 2.12 bits per heavy atom. The molecule has 0 aliphatic rings. The van der Waals surface area contributed by atoms with E-state index in [9.17, 15) is 4.79 Å². The van der Waals surface area contributed by atoms with Crippen molar-refractivity contribution in [2.45, 2.75) is 32.7 Å². The number of likely N-dealkylation sites (N-methyl/N-ethyl adjacent to an activating group) is 1. The molecule has 0 saturated carbocycles. The smallest absolute Gasteiger partial charge is 0.237 e. The van der Waals surface area contributed by atoms with Crippen LogP contribution in [0, 0.1) is 5.92 Å². The monoisotopic (exact) mass is 287 g/mol. The number of nitrogens with zero attached hydrogens (tertiary/aromatic N) is 1. The molecule has 0 aromatic carbocycles. The van der Waals surface area contributed by atoms with E-state index < -0.39 is 0 Å². The van der Waals surface area contributed by atoms with Crippen LogP contribution in [-0.2, 0) is 4.79 Å². The maximum atomic E-state index is 11.8. The molecule has 0 rings (SSSR count). The number of carbonyl (C=O) groups is 1. The highest BCUT2D eigenvalue weighted by atomic mass is 35.5. The second kappa shape index (κ2) is 12.4. The number of rotatable bonds is 7. The third-order valence-corrected chi connectivity index (χ3v) is 2.39. The zero-order chi connectivity index (χ0) is 11.8. The highest BCUT2D eigenvalue weighted by Crippen LogP contribution is 2.07. The van der Waals surface area contributed by atoms with Crippen molar-refractivity contribution in [1.82, 2.24) is 10.2 Å². The molecule has 6 heteroatoms. The summed E-state index contributed by atoms with van der Waals surface area (Å²) < 4.78 is 0. The van der Waals surface area contributed by atoms with Crippen LogP contribution in [0.5, 0.6) is 0 Å². The van der Waals surface area contributed by atoms with Crippen molar-refractivity contribution in [2.75, 3.05) is 27.2 Å². The lowest BCUT2D eigenvalue weighted by Gasteiger charge is -2.26. The van der Waals surface area contributed by atoms with Crippen molar-refractivity contribution in [1.29, 1.82) is 0 Å². The van der Waals surface area contributed by atoms with Crippen molar-refractivity contribution in [3.63, 3.8) is 0 Å². The van der Waals surface area contributed by atoms with Crippen LogP contribution in [0.25, 0.3) is 0 Å². The lowest BCUT2D eigenvalue weighted by Crippen LogP contribution is -2.46. The van der Waals surface area contributed by atoms with Gasteiger partial charge in [-0.25, -0.2) is 0 Å². The first-order chi connectivity index (χ1) is 7.00. The topological polar surface area (TPSA) is 58.4 Å². The van der Waals surface area contributed by atoms with E-state index in [1.807, 2.05) is 19.0 Å². The maximum Gasteiger partial charge on any atom is 0.237 e. The Morgan fingerprint density at radius 2 is 1.76 bits per heavy atom. The van der Waals surface area contributed by atoms with Gasteiger partial charge in [0.1, 0.15) is 0 Å². The van der Waals surface area contributed by atoms with Crippen molar-refractivity contribution < 1.29 is 4.79 Å². The SMILES string of the molecule is CC(C)C(C(=O)NCCCCN)N(C)C.Cl.Cl. The van der Waals surface area contributed by atoms with Gasteiger partial charge in [-0.3, -0.25) is 9.69 Å². The molecular weight excluding hydrogens is 261 g/mol. The van der Waals surface area contributed by atoms with Crippen molar-refractivity contribution in [3.05, 3.63) is 0 Å². The molecule has 1 amide bonds. The summed E-state index contributed by atoms with van der Waals surface area (Å²) in [7, 11) is 3.87. The van der Waals surface area contributed by atoms with Gasteiger partial charge in [0.15, 0.2) is 0 Å². The van der Waals surface area contributed by atoms with Gasteiger partial charge in [0.05, 0.1) is 6.04 Å². The molecule has 17 heavy (non-hydrogen) atoms. The second-order valence-corrected chi connectivity index (χ2v) is 4.44. The minimum atomic E-state index is -0.0390. The first-order valence-electron chi connectivity index (χ1n) is 5.65. The zero-order valence-electron chi connectivity index (χ0n) is 11.2. The largest absolute Gasteiger partial charge is 0.355 e. The highest BCUT2D eigenvalue weighted by Gasteiger charge is 2.23. The van der Waals surface area contributed by atoms with E-state index in [2.05, 4.69) is 19.2 Å². The predicted molar refractivity (Wildman–Crippen MR) is 78.1 cm³/mol. The number of nitrogens with two attached hydrogens (primary N) is 1. The fourth-order valence-corrected chi connectivity index (χ4v) is 1.72. The minimum absolute atomic E-state index is 0. The number of carbonyl (C=O) groups excluding carboxylic acids is 1. The van der Waals surface area contributed by atoms with E-state index in [0.29, 0.717) is 12.5 Å². The Bertz CT molecular complexity index is 182. The van der Waals surface area contributed by atoms with E-state index in [1.54, 1.807) is 0 Å². The lowest BCUT2D eigenvalue weighted by atomic mass is 10.0. The van der Waals surface area contributed by atoms with Crippen molar-refractivity contribution >= 4 is 30.7 Å². The predicted octanol–water partition coefficient (Wildman–Crippen LogP) is 1.27. The fourth-order valence-electron chi connectivity index (χ4n) is 1.72. The first kappa shape index (κ1) is 22.2. The summed E-state index contributed by atoms with van der Waals surface area (Å²) in [6.07, 6.45) is 1.93. The number of unbranched alkanes of at least 4 members (excludes halogenated alkanes) is 1. The van der Waals surface area contributed by atoms with Crippen molar-refractivity contribution in [3.8, 4) is 0 Å². The van der Waals surface area contributed by atoms with Gasteiger partial charge in [0, 0.05) is 6.54 Å². The zero-order valence-corrected chi connectivity index (χ0v) is 12.9. The molecule has 0 aliphatic carbocycles. The van der Waals surface area contributed by atoms with Gasteiger partial charge < -0.3 is 11.1 Å². The summed E-state index contributed by atoms with van der Waals surface area (Å²) in [6, 6.07) is -0.0390. The van der Waals surface area contributed by atoms with E-state index >= 15 is 0 Å². The summed E-state index contributed by atoms with van der Waals surface area (Å²) in [5, 5.41) is 2.94. The Morgan fingerprint density at radius 1 is 1.24 bits per heavy atom. The summed E-state index contributed by atoms with van der Waals surface area (Å²) in [4.78, 5) is 13.8. The van der Waals surface area contributed by atoms with Crippen LogP contribution in [0.3, 0.4) is 0 Å². The quantitative estimate of drug-likeness (QED) is 0.694. The van der Waals surface area contributed by atoms with Gasteiger partial charge in [-0.2, -0.15) is 0 Å². The summed E-state index contributed by atoms with van der Waals surface area (Å²) in [5.41, 5.74) is 5.38. The first-order valence-corrected chi connectivity index (χ1v) is 5.65. The lowest BCUT2D eigenvalue weighted by molar-refractivity contribution is -0.126. The van der Waals surface area contributed by atoms with Crippen LogP contribution in [0.4, 0.5) is 0 Å². The summed E-state index contributed by atoms with van der Waals surface area (Å²) >= 11 is 0. The third-order valence-electron chi connectivity index (χ3n) is 2.39. The third kappa shape index (κ3) is 9.65. The molecular formula is C11H27Cl2N3O. The van der Waals surface area contributed by atoms with Gasteiger partial charge >= 0.3 is 0 Å². The Hall–Kier alpha value is -0.0300. The molecule has 0 aliphatic heterocycles. The molecule has 4 nitrogen and oxygen atoms in total. The van der Waals surface area contributed by atoms with E-state index in [1.165, 1.54) is 0 Å². The van der Waals surface area contributed by atoms with E-state index in [-0.39, 0.29) is 36.8 Å². The molecule has 0 radical (unpaired) electrons. The van der Waals surface area contributed by atoms with Gasteiger partial charge in [0.25, 0.3) is 0 Å². The van der Waals surface area contributed by atoms with E-state index in [4.69, 9.17) is 5.73 Å². The Balaban J connectivity index is -0.000000980. The molecule has 0 saturated heterocycles. The normalized spacial score (nSPS) is 11.7. The van der Waals surface area contributed by atoms with Gasteiger partial charge in [-0.1, -0.05) is 13.8 Å². The van der Waals surface area contributed by atoms with E-state index in [0.717, 1.165) is 19.4 Å². The van der Waals surface area contributed by atoms with Crippen LogP contribution in [0.15, 0.2) is 0 Å². The number of amides is 1. The van der Waals surface area contributed by atoms with Crippen LogP contribution in [-0.4, -0.2) is 44.0 Å². The number of hydrogen-bond acceptors (Lipinski definition) is 3. The molecule has 0 spiro atoms. The van der Waals surface area contributed by atoms with Crippen LogP contribution < -0.4 is 11.1 Å². The van der Waals surface area contributed by atoms with Crippen LogP contribution in [0.1, 0.15) is 26.7 Å². The number of halogens is 2.